The van der Waals surface area contributed by atoms with Crippen LogP contribution in [0.15, 0.2) is 28.2 Å². The average molecular weight is 134 g/mol. The van der Waals surface area contributed by atoms with Crippen molar-refractivity contribution in [3.63, 3.8) is 0 Å². The molecule has 50 valence electrons. The number of hydrogen-bond acceptors (Lipinski definition) is 2. The summed E-state index contributed by atoms with van der Waals surface area (Å²) in [6.07, 6.45) is 2.89. The monoisotopic (exact) mass is 134 g/mol. The van der Waals surface area contributed by atoms with Crippen LogP contribution < -0.4 is 5.32 Å². The average Bonchev–Trinajstić information content (AvgIpc) is 2.05. The first-order chi connectivity index (χ1) is 4.84. The van der Waals surface area contributed by atoms with Gasteiger partial charge in [-0.25, -0.2) is 0 Å². The molecule has 0 aliphatic carbocycles. The highest BCUT2D eigenvalue weighted by Gasteiger charge is 2.02. The topological polar surface area (TPSA) is 41.5 Å². The fourth-order valence-electron chi connectivity index (χ4n) is 0.541. The van der Waals surface area contributed by atoms with Crippen LogP contribution in [0.4, 0.5) is 0 Å². The summed E-state index contributed by atoms with van der Waals surface area (Å²) < 4.78 is 0. The fraction of sp³-hybridized carbons (Fsp3) is 0.143. The highest BCUT2D eigenvalue weighted by molar-refractivity contribution is 6.12. The Morgan fingerprint density at radius 1 is 1.80 bits per heavy atom. The number of carbonyl (C=O) groups excluding carboxylic acids is 1. The molecule has 0 saturated heterocycles. The predicted octanol–water partition coefficient (Wildman–Crippen LogP) is 0.0109. The first-order valence-electron chi connectivity index (χ1n) is 2.80. The first-order valence-corrected chi connectivity index (χ1v) is 2.80. The van der Waals surface area contributed by atoms with Crippen LogP contribution in [-0.4, -0.2) is 19.2 Å². The Balaban J connectivity index is 2.93. The van der Waals surface area contributed by atoms with E-state index in [4.69, 9.17) is 0 Å². The highest BCUT2D eigenvalue weighted by atomic mass is 16.1. The van der Waals surface area contributed by atoms with Crippen LogP contribution in [0.5, 0.6) is 0 Å². The van der Waals surface area contributed by atoms with E-state index in [1.807, 2.05) is 0 Å². The number of nitrogens with one attached hydrogen (secondary N) is 1. The number of carbonyl (C=O) groups is 1. The fourth-order valence-corrected chi connectivity index (χ4v) is 0.541. The predicted molar refractivity (Wildman–Crippen MR) is 37.7 cm³/mol. The quantitative estimate of drug-likeness (QED) is 0.504. The van der Waals surface area contributed by atoms with E-state index in [0.717, 1.165) is 0 Å². The van der Waals surface area contributed by atoms with Crippen molar-refractivity contribution in [2.24, 2.45) is 4.99 Å². The molecule has 1 heterocycles. The van der Waals surface area contributed by atoms with Crippen molar-refractivity contribution in [1.82, 2.24) is 5.32 Å². The van der Waals surface area contributed by atoms with Crippen molar-refractivity contribution in [3.05, 3.63) is 23.2 Å². The van der Waals surface area contributed by atoms with Gasteiger partial charge >= 0.3 is 0 Å². The molecule has 0 saturated carbocycles. The van der Waals surface area contributed by atoms with Crippen molar-refractivity contribution in [2.75, 3.05) is 7.05 Å². The second-order valence-electron chi connectivity index (χ2n) is 1.67. The van der Waals surface area contributed by atoms with Gasteiger partial charge in [-0.3, -0.25) is 9.79 Å². The molecule has 0 spiro atoms. The van der Waals surface area contributed by atoms with Crippen molar-refractivity contribution < 1.29 is 4.79 Å². The van der Waals surface area contributed by atoms with Gasteiger partial charge in [0.15, 0.2) is 0 Å². The van der Waals surface area contributed by atoms with Gasteiger partial charge in [0, 0.05) is 13.3 Å². The molecule has 0 aromatic rings. The Kier molecular flexibility index (Phi) is 1.86. The number of hydrogen-bond donors (Lipinski definition) is 1. The van der Waals surface area contributed by atoms with Crippen LogP contribution in [0.2, 0.25) is 0 Å². The van der Waals surface area contributed by atoms with E-state index in [9.17, 15) is 4.79 Å². The zero-order chi connectivity index (χ0) is 7.40. The normalized spacial score (nSPS) is 13.1. The SMILES string of the molecule is CNC(=O)C1=C=C=CN=C1. The van der Waals surface area contributed by atoms with Gasteiger partial charge in [-0.1, -0.05) is 5.73 Å². The Bertz CT molecular complexity index is 276. The minimum atomic E-state index is -0.190. The Labute approximate surface area is 58.5 Å². The summed E-state index contributed by atoms with van der Waals surface area (Å²) in [5.74, 6) is -0.190. The summed E-state index contributed by atoms with van der Waals surface area (Å²) in [5.41, 5.74) is 5.61. The standard InChI is InChI=1S/C7H6N2O/c1-8-7(10)6-3-2-4-9-5-6/h4-5H,1H3,(H,8,10). The molecule has 0 atom stereocenters. The van der Waals surface area contributed by atoms with Gasteiger partial charge in [-0.2, -0.15) is 0 Å². The Hall–Kier alpha value is -1.56. The molecule has 1 N–H and O–H groups in total. The van der Waals surface area contributed by atoms with Crippen LogP contribution in [0.3, 0.4) is 0 Å². The van der Waals surface area contributed by atoms with Gasteiger partial charge in [0.1, 0.15) is 5.57 Å². The maximum Gasteiger partial charge on any atom is 0.261 e. The van der Waals surface area contributed by atoms with E-state index in [1.54, 1.807) is 7.05 Å². The third-order valence-corrected chi connectivity index (χ3v) is 1.02. The number of likely N-dealkylation sites (N-methyl/N-ethyl adjacent to an activating group) is 1. The second-order valence-corrected chi connectivity index (χ2v) is 1.67. The van der Waals surface area contributed by atoms with E-state index >= 15 is 0 Å². The lowest BCUT2D eigenvalue weighted by Gasteiger charge is -1.94. The molecule has 1 aliphatic heterocycles. The molecular weight excluding hydrogens is 128 g/mol. The number of rotatable bonds is 1. The van der Waals surface area contributed by atoms with Gasteiger partial charge in [0.25, 0.3) is 5.91 Å². The smallest absolute Gasteiger partial charge is 0.261 e. The number of nitrogens with zero attached hydrogens (tertiary/aromatic N) is 1. The molecule has 3 nitrogen and oxygen atoms in total. The van der Waals surface area contributed by atoms with E-state index in [1.165, 1.54) is 12.4 Å². The van der Waals surface area contributed by atoms with Crippen molar-refractivity contribution in [1.29, 1.82) is 0 Å². The summed E-state index contributed by atoms with van der Waals surface area (Å²) >= 11 is 0. The lowest BCUT2D eigenvalue weighted by atomic mass is 10.3. The van der Waals surface area contributed by atoms with Crippen LogP contribution >= 0.6 is 0 Å². The molecule has 0 unspecified atom stereocenters. The molecule has 0 radical (unpaired) electrons. The Morgan fingerprint density at radius 2 is 2.60 bits per heavy atom. The summed E-state index contributed by atoms with van der Waals surface area (Å²) in [5, 5.41) is 2.45. The summed E-state index contributed by atoms with van der Waals surface area (Å²) in [7, 11) is 1.56. The minimum Gasteiger partial charge on any atom is -0.355 e. The molecule has 1 aliphatic rings. The second kappa shape index (κ2) is 2.83. The molecular formula is C7H6N2O. The van der Waals surface area contributed by atoms with E-state index in [2.05, 4.69) is 21.8 Å². The molecule has 3 heteroatoms. The van der Waals surface area contributed by atoms with Gasteiger partial charge in [-0.15, -0.1) is 0 Å². The molecule has 1 rings (SSSR count). The lowest BCUT2D eigenvalue weighted by molar-refractivity contribution is -0.116. The molecule has 0 aromatic heterocycles. The highest BCUT2D eigenvalue weighted by Crippen LogP contribution is 1.90. The zero-order valence-corrected chi connectivity index (χ0v) is 5.51. The van der Waals surface area contributed by atoms with Gasteiger partial charge < -0.3 is 5.32 Å². The number of aliphatic imine (C=N–C) groups is 1. The minimum absolute atomic E-state index is 0.190. The lowest BCUT2D eigenvalue weighted by Crippen LogP contribution is -2.20. The summed E-state index contributed by atoms with van der Waals surface area (Å²) in [6.45, 7) is 0. The molecule has 0 fully saturated rings. The third kappa shape index (κ3) is 1.23. The van der Waals surface area contributed by atoms with Gasteiger partial charge in [0.2, 0.25) is 0 Å². The van der Waals surface area contributed by atoms with E-state index in [0.29, 0.717) is 5.57 Å². The van der Waals surface area contributed by atoms with E-state index < -0.39 is 0 Å². The van der Waals surface area contributed by atoms with Crippen LogP contribution in [0.1, 0.15) is 0 Å². The first kappa shape index (κ1) is 6.56. The van der Waals surface area contributed by atoms with Crippen LogP contribution in [-0.2, 0) is 4.79 Å². The van der Waals surface area contributed by atoms with Crippen molar-refractivity contribution in [3.8, 4) is 0 Å². The molecule has 0 bridgehead atoms. The number of amides is 1. The van der Waals surface area contributed by atoms with Gasteiger partial charge in [-0.05, 0) is 5.73 Å². The van der Waals surface area contributed by atoms with Gasteiger partial charge in [0.05, 0.1) is 6.20 Å². The zero-order valence-electron chi connectivity index (χ0n) is 5.51. The third-order valence-electron chi connectivity index (χ3n) is 1.02. The molecule has 0 aromatic carbocycles. The Morgan fingerprint density at radius 3 is 3.10 bits per heavy atom. The molecule has 10 heavy (non-hydrogen) atoms. The largest absolute Gasteiger partial charge is 0.355 e. The summed E-state index contributed by atoms with van der Waals surface area (Å²) in [4.78, 5) is 14.5. The summed E-state index contributed by atoms with van der Waals surface area (Å²) in [6, 6.07) is 0. The van der Waals surface area contributed by atoms with Crippen LogP contribution in [0.25, 0.3) is 0 Å². The van der Waals surface area contributed by atoms with E-state index in [-0.39, 0.29) is 5.91 Å². The van der Waals surface area contributed by atoms with Crippen molar-refractivity contribution >= 4 is 12.1 Å². The maximum atomic E-state index is 10.8. The molecule has 1 amide bonds. The maximum absolute atomic E-state index is 10.8. The van der Waals surface area contributed by atoms with Crippen LogP contribution in [0, 0.1) is 0 Å². The van der Waals surface area contributed by atoms with Crippen molar-refractivity contribution in [2.45, 2.75) is 0 Å².